The molecule has 0 aliphatic heterocycles. The Morgan fingerprint density at radius 3 is 2.57 bits per heavy atom. The van der Waals surface area contributed by atoms with E-state index in [0.29, 0.717) is 18.1 Å². The molecule has 5 heteroatoms. The fraction of sp³-hybridized carbons (Fsp3) is 0.222. The quantitative estimate of drug-likeness (QED) is 0.871. The third-order valence-electron chi connectivity index (χ3n) is 3.44. The van der Waals surface area contributed by atoms with Gasteiger partial charge in [-0.15, -0.1) is 0 Å². The molecule has 0 aliphatic rings. The molecule has 23 heavy (non-hydrogen) atoms. The Morgan fingerprint density at radius 2 is 1.91 bits per heavy atom. The molecule has 0 saturated carbocycles. The molecule has 0 fully saturated rings. The predicted octanol–water partition coefficient (Wildman–Crippen LogP) is 3.98. The summed E-state index contributed by atoms with van der Waals surface area (Å²) in [6, 6.07) is 11.2. The lowest BCUT2D eigenvalue weighted by molar-refractivity contribution is 0.205. The lowest BCUT2D eigenvalue weighted by atomic mass is 10.2. The summed E-state index contributed by atoms with van der Waals surface area (Å²) in [5.41, 5.74) is 2.15. The van der Waals surface area contributed by atoms with E-state index in [9.17, 15) is 4.79 Å². The first kappa shape index (κ1) is 17.0. The number of nitrogens with zero attached hydrogens (tertiary/aromatic N) is 2. The number of carbonyl (C=O) groups is 1. The van der Waals surface area contributed by atoms with E-state index in [1.54, 1.807) is 23.5 Å². The number of hydrogen-bond acceptors (Lipinski definition) is 2. The van der Waals surface area contributed by atoms with Crippen LogP contribution in [0.4, 0.5) is 4.79 Å². The molecule has 2 aromatic rings. The Hall–Kier alpha value is -2.33. The molecule has 0 spiro atoms. The highest BCUT2D eigenvalue weighted by Crippen LogP contribution is 2.10. The molecule has 1 aromatic carbocycles. The van der Waals surface area contributed by atoms with E-state index in [1.165, 1.54) is 5.56 Å². The van der Waals surface area contributed by atoms with Gasteiger partial charge in [-0.05, 0) is 54.8 Å². The second-order valence-corrected chi connectivity index (χ2v) is 5.46. The summed E-state index contributed by atoms with van der Waals surface area (Å²) >= 11 is 5.84. The average Bonchev–Trinajstić information content (AvgIpc) is 2.58. The van der Waals surface area contributed by atoms with Gasteiger partial charge in [0.05, 0.1) is 0 Å². The van der Waals surface area contributed by atoms with Gasteiger partial charge in [-0.1, -0.05) is 23.7 Å². The van der Waals surface area contributed by atoms with E-state index in [4.69, 9.17) is 11.6 Å². The summed E-state index contributed by atoms with van der Waals surface area (Å²) in [6.45, 7) is 3.29. The number of halogens is 1. The molecule has 1 N–H and O–H groups in total. The molecular formula is C18H20ClN3O. The minimum absolute atomic E-state index is 0.105. The molecular weight excluding hydrogens is 310 g/mol. The predicted molar refractivity (Wildman–Crippen MR) is 94.2 cm³/mol. The maximum atomic E-state index is 12.2. The third kappa shape index (κ3) is 5.75. The van der Waals surface area contributed by atoms with Crippen LogP contribution in [0.1, 0.15) is 18.1 Å². The molecule has 0 saturated heterocycles. The SMILES string of the molecule is CCN(CCc1ccncc1)C(=O)N/C=C/c1ccc(Cl)cc1. The lowest BCUT2D eigenvalue weighted by Gasteiger charge is -2.20. The maximum Gasteiger partial charge on any atom is 0.321 e. The van der Waals surface area contributed by atoms with Gasteiger partial charge in [0.1, 0.15) is 0 Å². The molecule has 0 atom stereocenters. The van der Waals surface area contributed by atoms with Crippen LogP contribution in [0.5, 0.6) is 0 Å². The standard InChI is InChI=1S/C18H20ClN3O/c1-2-22(14-10-16-7-11-20-12-8-16)18(23)21-13-9-15-3-5-17(19)6-4-15/h3-9,11-13H,2,10,14H2,1H3,(H,21,23)/b13-9+. The number of rotatable bonds is 6. The first-order chi connectivity index (χ1) is 11.2. The van der Waals surface area contributed by atoms with Crippen molar-refractivity contribution in [3.05, 3.63) is 71.1 Å². The summed E-state index contributed by atoms with van der Waals surface area (Å²) in [4.78, 5) is 17.9. The van der Waals surface area contributed by atoms with E-state index < -0.39 is 0 Å². The normalized spacial score (nSPS) is 10.7. The van der Waals surface area contributed by atoms with Gasteiger partial charge < -0.3 is 10.2 Å². The van der Waals surface area contributed by atoms with Gasteiger partial charge in [-0.25, -0.2) is 4.79 Å². The number of pyridine rings is 1. The lowest BCUT2D eigenvalue weighted by Crippen LogP contribution is -2.38. The molecule has 1 aromatic heterocycles. The van der Waals surface area contributed by atoms with Crippen LogP contribution in [-0.2, 0) is 6.42 Å². The number of aromatic nitrogens is 1. The van der Waals surface area contributed by atoms with Crippen molar-refractivity contribution in [2.75, 3.05) is 13.1 Å². The third-order valence-corrected chi connectivity index (χ3v) is 3.69. The zero-order valence-electron chi connectivity index (χ0n) is 13.1. The smallest absolute Gasteiger partial charge is 0.321 e. The Labute approximate surface area is 141 Å². The van der Waals surface area contributed by atoms with Crippen molar-refractivity contribution in [3.8, 4) is 0 Å². The van der Waals surface area contributed by atoms with Crippen LogP contribution < -0.4 is 5.32 Å². The summed E-state index contributed by atoms with van der Waals surface area (Å²) in [6.07, 6.45) is 7.83. The van der Waals surface area contributed by atoms with Crippen LogP contribution in [0, 0.1) is 0 Å². The van der Waals surface area contributed by atoms with Gasteiger partial charge in [-0.3, -0.25) is 4.98 Å². The minimum atomic E-state index is -0.105. The first-order valence-electron chi connectivity index (χ1n) is 7.55. The second-order valence-electron chi connectivity index (χ2n) is 5.02. The Bertz CT molecular complexity index is 641. The van der Waals surface area contributed by atoms with Gasteiger partial charge in [-0.2, -0.15) is 0 Å². The van der Waals surface area contributed by atoms with E-state index >= 15 is 0 Å². The molecule has 0 unspecified atom stereocenters. The van der Waals surface area contributed by atoms with Crippen LogP contribution >= 0.6 is 11.6 Å². The molecule has 4 nitrogen and oxygen atoms in total. The van der Waals surface area contributed by atoms with Crippen molar-refractivity contribution in [2.24, 2.45) is 0 Å². The molecule has 2 amide bonds. The number of nitrogens with one attached hydrogen (secondary N) is 1. The zero-order valence-corrected chi connectivity index (χ0v) is 13.8. The fourth-order valence-electron chi connectivity index (χ4n) is 2.09. The molecule has 0 bridgehead atoms. The summed E-state index contributed by atoms with van der Waals surface area (Å²) in [5.74, 6) is 0. The van der Waals surface area contributed by atoms with Crippen LogP contribution in [-0.4, -0.2) is 29.0 Å². The van der Waals surface area contributed by atoms with Crippen LogP contribution in [0.25, 0.3) is 6.08 Å². The number of hydrogen-bond donors (Lipinski definition) is 1. The van der Waals surface area contributed by atoms with Crippen LogP contribution in [0.2, 0.25) is 5.02 Å². The highest BCUT2D eigenvalue weighted by atomic mass is 35.5. The number of amides is 2. The van der Waals surface area contributed by atoms with Gasteiger partial charge in [0.2, 0.25) is 0 Å². The van der Waals surface area contributed by atoms with Crippen molar-refractivity contribution < 1.29 is 4.79 Å². The molecule has 0 radical (unpaired) electrons. The highest BCUT2D eigenvalue weighted by Gasteiger charge is 2.09. The second kappa shape index (κ2) is 8.96. The molecule has 1 heterocycles. The number of benzene rings is 1. The average molecular weight is 330 g/mol. The van der Waals surface area contributed by atoms with Gasteiger partial charge >= 0.3 is 6.03 Å². The van der Waals surface area contributed by atoms with Crippen LogP contribution in [0.15, 0.2) is 55.0 Å². The summed E-state index contributed by atoms with van der Waals surface area (Å²) in [5, 5.41) is 3.49. The highest BCUT2D eigenvalue weighted by molar-refractivity contribution is 6.30. The Kier molecular flexibility index (Phi) is 6.63. The van der Waals surface area contributed by atoms with Gasteiger partial charge in [0.25, 0.3) is 0 Å². The summed E-state index contributed by atoms with van der Waals surface area (Å²) < 4.78 is 0. The van der Waals surface area contributed by atoms with Crippen molar-refractivity contribution >= 4 is 23.7 Å². The molecule has 120 valence electrons. The van der Waals surface area contributed by atoms with Crippen molar-refractivity contribution in [1.82, 2.24) is 15.2 Å². The fourth-order valence-corrected chi connectivity index (χ4v) is 2.22. The summed E-state index contributed by atoms with van der Waals surface area (Å²) in [7, 11) is 0. The van der Waals surface area contributed by atoms with Crippen molar-refractivity contribution in [3.63, 3.8) is 0 Å². The van der Waals surface area contributed by atoms with Crippen LogP contribution in [0.3, 0.4) is 0 Å². The van der Waals surface area contributed by atoms with Gasteiger partial charge in [0.15, 0.2) is 0 Å². The molecule has 2 rings (SSSR count). The Morgan fingerprint density at radius 1 is 1.22 bits per heavy atom. The largest absolute Gasteiger partial charge is 0.324 e. The first-order valence-corrected chi connectivity index (χ1v) is 7.93. The number of urea groups is 1. The molecule has 0 aliphatic carbocycles. The maximum absolute atomic E-state index is 12.2. The zero-order chi connectivity index (χ0) is 16.5. The van der Waals surface area contributed by atoms with Crippen molar-refractivity contribution in [1.29, 1.82) is 0 Å². The number of likely N-dealkylation sites (N-methyl/N-ethyl adjacent to an activating group) is 1. The minimum Gasteiger partial charge on any atom is -0.324 e. The van der Waals surface area contributed by atoms with Gasteiger partial charge in [0, 0.05) is 36.7 Å². The van der Waals surface area contributed by atoms with E-state index in [-0.39, 0.29) is 6.03 Å². The van der Waals surface area contributed by atoms with E-state index in [0.717, 1.165) is 12.0 Å². The monoisotopic (exact) mass is 329 g/mol. The number of carbonyl (C=O) groups excluding carboxylic acids is 1. The van der Waals surface area contributed by atoms with E-state index in [1.807, 2.05) is 49.4 Å². The topological polar surface area (TPSA) is 45.2 Å². The van der Waals surface area contributed by atoms with E-state index in [2.05, 4.69) is 10.3 Å². The van der Waals surface area contributed by atoms with Crippen molar-refractivity contribution in [2.45, 2.75) is 13.3 Å². The Balaban J connectivity index is 1.83.